The molecule has 0 nitrogen and oxygen atoms in total. The highest BCUT2D eigenvalue weighted by Gasteiger charge is 2.40. The maximum Gasteiger partial charge on any atom is 0.102 e. The summed E-state index contributed by atoms with van der Waals surface area (Å²) >= 11 is 0. The van der Waals surface area contributed by atoms with E-state index in [1.807, 2.05) is 10.4 Å². The first-order valence-corrected chi connectivity index (χ1v) is 17.9. The Morgan fingerprint density at radius 3 is 1.36 bits per heavy atom. The zero-order chi connectivity index (χ0) is 22.9. The van der Waals surface area contributed by atoms with Crippen LogP contribution in [-0.4, -0.2) is 8.07 Å². The van der Waals surface area contributed by atoms with E-state index in [4.69, 9.17) is 0 Å². The van der Waals surface area contributed by atoms with Crippen molar-refractivity contribution < 1.29 is 0 Å². The van der Waals surface area contributed by atoms with Crippen LogP contribution in [0.2, 0.25) is 13.1 Å². The molecular weight excluding hydrogens is 412 g/mol. The molecule has 0 radical (unpaired) electrons. The maximum atomic E-state index is 2.81. The van der Waals surface area contributed by atoms with E-state index in [1.54, 1.807) is 0 Å². The van der Waals surface area contributed by atoms with Crippen LogP contribution in [0.4, 0.5) is 0 Å². The van der Waals surface area contributed by atoms with Gasteiger partial charge in [0.15, 0.2) is 0 Å². The monoisotopic (exact) mass is 464 g/mol. The van der Waals surface area contributed by atoms with Crippen LogP contribution < -0.4 is 0 Å². The van der Waals surface area contributed by atoms with Crippen molar-refractivity contribution in [2.45, 2.75) is 129 Å². The van der Waals surface area contributed by atoms with Crippen molar-refractivity contribution >= 4 is 8.07 Å². The predicted molar refractivity (Wildman–Crippen MR) is 149 cm³/mol. The lowest BCUT2D eigenvalue weighted by atomic mass is 9.89. The Bertz CT molecular complexity index is 661. The molecule has 0 saturated heterocycles. The van der Waals surface area contributed by atoms with E-state index < -0.39 is 8.07 Å². The lowest BCUT2D eigenvalue weighted by Crippen LogP contribution is -2.31. The molecule has 184 valence electrons. The number of allylic oxidation sites excluding steroid dienone is 8. The fraction of sp³-hybridized carbons (Fsp3) is 0.750. The third-order valence-electron chi connectivity index (χ3n) is 9.53. The molecule has 0 N–H and O–H groups in total. The zero-order valence-electron chi connectivity index (χ0n) is 22.0. The van der Waals surface area contributed by atoms with Crippen LogP contribution in [0.5, 0.6) is 0 Å². The SMILES string of the molecule is C[Si](C)(C1=CC2CCCCCCCC/C=C/C2C1)C1=CC2CCCCCCCC/C=C/C2C1. The van der Waals surface area contributed by atoms with Gasteiger partial charge < -0.3 is 0 Å². The molecule has 4 atom stereocenters. The number of rotatable bonds is 2. The van der Waals surface area contributed by atoms with Crippen LogP contribution in [-0.2, 0) is 0 Å². The number of fused-ring (bicyclic) bond motifs is 2. The van der Waals surface area contributed by atoms with Crippen molar-refractivity contribution in [1.29, 1.82) is 0 Å². The van der Waals surface area contributed by atoms with Crippen LogP contribution >= 0.6 is 0 Å². The molecule has 0 aromatic carbocycles. The van der Waals surface area contributed by atoms with Gasteiger partial charge in [0.25, 0.3) is 0 Å². The highest BCUT2D eigenvalue weighted by molar-refractivity contribution is 6.90. The molecule has 1 heteroatoms. The Morgan fingerprint density at radius 2 is 0.909 bits per heavy atom. The molecule has 4 aliphatic carbocycles. The highest BCUT2D eigenvalue weighted by atomic mass is 28.3. The van der Waals surface area contributed by atoms with Crippen molar-refractivity contribution in [3.63, 3.8) is 0 Å². The average Bonchev–Trinajstić information content (AvgIpc) is 3.39. The quantitative estimate of drug-likeness (QED) is 0.281. The van der Waals surface area contributed by atoms with E-state index >= 15 is 0 Å². The molecular formula is C32H52Si. The van der Waals surface area contributed by atoms with Gasteiger partial charge in [0.1, 0.15) is 8.07 Å². The predicted octanol–water partition coefficient (Wildman–Crippen LogP) is 10.3. The van der Waals surface area contributed by atoms with E-state index in [-0.39, 0.29) is 0 Å². The number of hydrogen-bond acceptors (Lipinski definition) is 0. The van der Waals surface area contributed by atoms with E-state index in [2.05, 4.69) is 49.6 Å². The van der Waals surface area contributed by atoms with Crippen LogP contribution in [0.25, 0.3) is 0 Å². The van der Waals surface area contributed by atoms with Crippen LogP contribution in [0.15, 0.2) is 46.8 Å². The Morgan fingerprint density at radius 1 is 0.515 bits per heavy atom. The standard InChI is InChI=1S/C32H52Si/c1-33(2,31-23-27-19-15-11-7-3-4-8-12-16-20-28(27)24-31)32-25-29-21-17-13-9-5-6-10-14-18-22-30(29)26-32/h15,17,19,21,24,26-30H,3-14,16,18,20,22-23,25H2,1-2H3/b19-15+,21-17+. The minimum Gasteiger partial charge on any atom is -0.0882 e. The molecule has 0 saturated carbocycles. The third kappa shape index (κ3) is 7.09. The summed E-state index contributed by atoms with van der Waals surface area (Å²) in [6.45, 7) is 5.39. The first-order chi connectivity index (χ1) is 16.1. The smallest absolute Gasteiger partial charge is 0.0882 e. The Kier molecular flexibility index (Phi) is 9.77. The molecule has 0 aromatic heterocycles. The molecule has 0 aromatic rings. The molecule has 0 fully saturated rings. The summed E-state index contributed by atoms with van der Waals surface area (Å²) in [6, 6.07) is 0. The van der Waals surface area contributed by atoms with E-state index in [0.717, 1.165) is 23.7 Å². The minimum atomic E-state index is -1.52. The molecule has 4 unspecified atom stereocenters. The fourth-order valence-corrected chi connectivity index (χ4v) is 10.3. The summed E-state index contributed by atoms with van der Waals surface area (Å²) in [4.78, 5) is 0. The van der Waals surface area contributed by atoms with Crippen LogP contribution in [0.3, 0.4) is 0 Å². The zero-order valence-corrected chi connectivity index (χ0v) is 23.0. The second-order valence-electron chi connectivity index (χ2n) is 12.3. The van der Waals surface area contributed by atoms with Crippen LogP contribution in [0.1, 0.15) is 116 Å². The Balaban J connectivity index is 1.47. The van der Waals surface area contributed by atoms with Gasteiger partial charge in [0, 0.05) is 0 Å². The maximum absolute atomic E-state index is 2.81. The largest absolute Gasteiger partial charge is 0.102 e. The Hall–Kier alpha value is -0.823. The molecule has 0 heterocycles. The summed E-state index contributed by atoms with van der Waals surface area (Å²) in [7, 11) is -1.52. The Labute approximate surface area is 207 Å². The van der Waals surface area contributed by atoms with Gasteiger partial charge in [-0.2, -0.15) is 0 Å². The average molecular weight is 465 g/mol. The molecule has 4 rings (SSSR count). The van der Waals surface area contributed by atoms with Crippen molar-refractivity contribution in [3.05, 3.63) is 46.8 Å². The van der Waals surface area contributed by atoms with Gasteiger partial charge >= 0.3 is 0 Å². The second kappa shape index (κ2) is 12.8. The van der Waals surface area contributed by atoms with Crippen molar-refractivity contribution in [2.75, 3.05) is 0 Å². The van der Waals surface area contributed by atoms with Gasteiger partial charge in [-0.3, -0.25) is 0 Å². The van der Waals surface area contributed by atoms with Gasteiger partial charge in [-0.1, -0.05) is 124 Å². The molecule has 33 heavy (non-hydrogen) atoms. The van der Waals surface area contributed by atoms with Crippen molar-refractivity contribution in [2.24, 2.45) is 23.7 Å². The highest BCUT2D eigenvalue weighted by Crippen LogP contribution is 2.46. The van der Waals surface area contributed by atoms with E-state index in [0.29, 0.717) is 0 Å². The first kappa shape index (κ1) is 25.3. The third-order valence-corrected chi connectivity index (χ3v) is 13.5. The van der Waals surface area contributed by atoms with Gasteiger partial charge in [-0.05, 0) is 75.0 Å². The normalized spacial score (nSPS) is 34.8. The molecule has 4 aliphatic rings. The van der Waals surface area contributed by atoms with Crippen LogP contribution in [0, 0.1) is 23.7 Å². The summed E-state index contributed by atoms with van der Waals surface area (Å²) < 4.78 is 0. The van der Waals surface area contributed by atoms with Gasteiger partial charge in [-0.15, -0.1) is 0 Å². The second-order valence-corrected chi connectivity index (χ2v) is 16.9. The number of hydrogen-bond donors (Lipinski definition) is 0. The summed E-state index contributed by atoms with van der Waals surface area (Å²) in [6.07, 6.45) is 41.5. The molecule has 0 spiro atoms. The van der Waals surface area contributed by atoms with Gasteiger partial charge in [0.2, 0.25) is 0 Å². The van der Waals surface area contributed by atoms with E-state index in [9.17, 15) is 0 Å². The minimum absolute atomic E-state index is 0.793. The fourth-order valence-electron chi connectivity index (χ4n) is 7.10. The molecule has 0 aliphatic heterocycles. The molecule has 0 amide bonds. The molecule has 0 bridgehead atoms. The van der Waals surface area contributed by atoms with Gasteiger partial charge in [-0.25, -0.2) is 0 Å². The first-order valence-electron chi connectivity index (χ1n) is 14.9. The van der Waals surface area contributed by atoms with Crippen molar-refractivity contribution in [3.8, 4) is 0 Å². The lowest BCUT2D eigenvalue weighted by molar-refractivity contribution is 0.441. The summed E-state index contributed by atoms with van der Waals surface area (Å²) in [5.74, 6) is 3.22. The van der Waals surface area contributed by atoms with Gasteiger partial charge in [0.05, 0.1) is 0 Å². The van der Waals surface area contributed by atoms with E-state index in [1.165, 1.54) is 116 Å². The van der Waals surface area contributed by atoms with Crippen molar-refractivity contribution in [1.82, 2.24) is 0 Å². The summed E-state index contributed by atoms with van der Waals surface area (Å²) in [5, 5.41) is 3.79. The lowest BCUT2D eigenvalue weighted by Gasteiger charge is -2.27. The topological polar surface area (TPSA) is 0 Å². The summed E-state index contributed by atoms with van der Waals surface area (Å²) in [5.41, 5.74) is 0.